The summed E-state index contributed by atoms with van der Waals surface area (Å²) in [5.74, 6) is 1.48. The van der Waals surface area contributed by atoms with E-state index in [1.165, 1.54) is 0 Å². The predicted octanol–water partition coefficient (Wildman–Crippen LogP) is 8.74. The van der Waals surface area contributed by atoms with E-state index in [4.69, 9.17) is 18.9 Å². The first kappa shape index (κ1) is 36.3. The Bertz CT molecular complexity index is 1110. The minimum atomic E-state index is -0.479. The number of hydrogen-bond acceptors (Lipinski definition) is 8. The largest absolute Gasteiger partial charge is 0.487 e. The molecule has 0 radical (unpaired) electrons. The van der Waals surface area contributed by atoms with E-state index in [1.807, 2.05) is 36.8 Å². The lowest BCUT2D eigenvalue weighted by molar-refractivity contribution is -0.144. The molecule has 0 fully saturated rings. The zero-order chi connectivity index (χ0) is 30.7. The van der Waals surface area contributed by atoms with Gasteiger partial charge in [-0.25, -0.2) is 9.59 Å². The van der Waals surface area contributed by atoms with Gasteiger partial charge in [-0.1, -0.05) is 27.0 Å². The van der Waals surface area contributed by atoms with Crippen molar-refractivity contribution in [3.8, 4) is 11.5 Å². The molecule has 224 valence electrons. The van der Waals surface area contributed by atoms with E-state index in [1.54, 1.807) is 23.5 Å². The van der Waals surface area contributed by atoms with Crippen molar-refractivity contribution in [2.75, 3.05) is 37.2 Å². The number of hydrogen-bond donors (Lipinski definition) is 0. The zero-order valence-electron chi connectivity index (χ0n) is 23.1. The van der Waals surface area contributed by atoms with Gasteiger partial charge in [0.05, 0.1) is 17.9 Å². The molecule has 2 rings (SSSR count). The molecular formula is C29H32Br4O6S2. The van der Waals surface area contributed by atoms with Crippen molar-refractivity contribution in [1.82, 2.24) is 0 Å². The maximum absolute atomic E-state index is 11.7. The van der Waals surface area contributed by atoms with Gasteiger partial charge < -0.3 is 18.9 Å². The number of rotatable bonds is 16. The van der Waals surface area contributed by atoms with Gasteiger partial charge in [-0.3, -0.25) is 0 Å². The Morgan fingerprint density at radius 1 is 0.756 bits per heavy atom. The van der Waals surface area contributed by atoms with Crippen LogP contribution >= 0.6 is 87.2 Å². The van der Waals surface area contributed by atoms with Gasteiger partial charge in [0, 0.05) is 29.1 Å². The molecule has 12 heteroatoms. The minimum Gasteiger partial charge on any atom is -0.487 e. The molecule has 0 aliphatic carbocycles. The molecule has 0 saturated heterocycles. The van der Waals surface area contributed by atoms with Crippen molar-refractivity contribution in [2.45, 2.75) is 31.5 Å². The summed E-state index contributed by atoms with van der Waals surface area (Å²) in [5.41, 5.74) is 1.66. The van der Waals surface area contributed by atoms with Crippen LogP contribution in [0, 0.1) is 0 Å². The van der Waals surface area contributed by atoms with Crippen LogP contribution in [0.5, 0.6) is 11.5 Å². The summed E-state index contributed by atoms with van der Waals surface area (Å²) < 4.78 is 26.0. The first-order valence-corrected chi connectivity index (χ1v) is 18.2. The maximum atomic E-state index is 11.7. The summed E-state index contributed by atoms with van der Waals surface area (Å²) in [7, 11) is 0. The lowest BCUT2D eigenvalue weighted by atomic mass is 9.78. The van der Waals surface area contributed by atoms with Gasteiger partial charge in [0.15, 0.2) is 0 Å². The third-order valence-corrected chi connectivity index (χ3v) is 9.64. The molecule has 0 heterocycles. The molecular weight excluding hydrogens is 828 g/mol. The number of carbonyl (C=O) groups is 2. The molecule has 0 aliphatic rings. The third-order valence-electron chi connectivity index (χ3n) is 5.87. The molecule has 0 amide bonds. The molecule has 6 nitrogen and oxygen atoms in total. The summed E-state index contributed by atoms with van der Waals surface area (Å²) in [6, 6.07) is 8.08. The molecule has 0 N–H and O–H groups in total. The van der Waals surface area contributed by atoms with Gasteiger partial charge in [0.2, 0.25) is 0 Å². The molecule has 0 saturated carbocycles. The van der Waals surface area contributed by atoms with Crippen LogP contribution in [0.3, 0.4) is 0 Å². The van der Waals surface area contributed by atoms with E-state index in [9.17, 15) is 9.59 Å². The highest BCUT2D eigenvalue weighted by Crippen LogP contribution is 2.44. The predicted molar refractivity (Wildman–Crippen MR) is 184 cm³/mol. The van der Waals surface area contributed by atoms with Crippen molar-refractivity contribution < 1.29 is 28.5 Å². The van der Waals surface area contributed by atoms with E-state index in [0.29, 0.717) is 23.0 Å². The monoisotopic (exact) mass is 856 g/mol. The fraction of sp³-hybridized carbons (Fsp3) is 0.379. The summed E-state index contributed by atoms with van der Waals surface area (Å²) in [6.07, 6.45) is 5.35. The molecule has 2 unspecified atom stereocenters. The van der Waals surface area contributed by atoms with Gasteiger partial charge in [-0.2, -0.15) is 23.5 Å². The van der Waals surface area contributed by atoms with E-state index in [-0.39, 0.29) is 13.2 Å². The highest BCUT2D eigenvalue weighted by molar-refractivity contribution is 9.11. The highest BCUT2D eigenvalue weighted by atomic mass is 79.9. The highest BCUT2D eigenvalue weighted by Gasteiger charge is 2.28. The number of halogens is 4. The van der Waals surface area contributed by atoms with Crippen LogP contribution in [0.2, 0.25) is 0 Å². The average molecular weight is 860 g/mol. The lowest BCUT2D eigenvalue weighted by Gasteiger charge is -2.29. The fourth-order valence-corrected chi connectivity index (χ4v) is 7.57. The van der Waals surface area contributed by atoms with Crippen LogP contribution in [-0.4, -0.2) is 61.4 Å². The Morgan fingerprint density at radius 2 is 1.07 bits per heavy atom. The SMILES string of the molecule is C=CC(=O)OC(COc1c(Br)cc(C(C)(C)c2cc(Br)c(OCC(CSC)OC(=O)C=C)c(Br)c2)cc1Br)CSC. The van der Waals surface area contributed by atoms with Crippen LogP contribution < -0.4 is 9.47 Å². The molecule has 41 heavy (non-hydrogen) atoms. The van der Waals surface area contributed by atoms with Gasteiger partial charge in [0.25, 0.3) is 0 Å². The second-order valence-electron chi connectivity index (χ2n) is 9.22. The van der Waals surface area contributed by atoms with E-state index >= 15 is 0 Å². The molecule has 0 bridgehead atoms. The smallest absolute Gasteiger partial charge is 0.330 e. The average Bonchev–Trinajstić information content (AvgIpc) is 2.91. The molecule has 0 aliphatic heterocycles. The Labute approximate surface area is 284 Å². The second-order valence-corrected chi connectivity index (χ2v) is 14.5. The van der Waals surface area contributed by atoms with Crippen molar-refractivity contribution in [3.05, 3.63) is 78.6 Å². The quantitative estimate of drug-likeness (QED) is 0.123. The van der Waals surface area contributed by atoms with Crippen LogP contribution in [0.4, 0.5) is 0 Å². The van der Waals surface area contributed by atoms with Crippen molar-refractivity contribution in [3.63, 3.8) is 0 Å². The Morgan fingerprint density at radius 3 is 1.34 bits per heavy atom. The molecule has 2 aromatic carbocycles. The Kier molecular flexibility index (Phi) is 15.4. The second kappa shape index (κ2) is 17.4. The molecule has 0 spiro atoms. The summed E-state index contributed by atoms with van der Waals surface area (Å²) in [4.78, 5) is 23.4. The van der Waals surface area contributed by atoms with E-state index < -0.39 is 29.6 Å². The first-order valence-electron chi connectivity index (χ1n) is 12.3. The van der Waals surface area contributed by atoms with Gasteiger partial charge in [0.1, 0.15) is 36.9 Å². The maximum Gasteiger partial charge on any atom is 0.330 e. The summed E-state index contributed by atoms with van der Waals surface area (Å²) in [6.45, 7) is 11.6. The van der Waals surface area contributed by atoms with Crippen LogP contribution in [0.1, 0.15) is 25.0 Å². The standard InChI is InChI=1S/C29H32Br4O6S2/c1-7-25(34)38-19(15-40-5)13-36-27-21(30)9-17(10-22(27)31)29(3,4)18-11-23(32)28(24(33)12-18)37-14-20(16-41-6)39-26(35)8-2/h7-12,19-20H,1-2,13-16H2,3-6H3. The van der Waals surface area contributed by atoms with E-state index in [0.717, 1.165) is 41.2 Å². The van der Waals surface area contributed by atoms with Gasteiger partial charge in [-0.05, 0) is 112 Å². The third kappa shape index (κ3) is 10.6. The van der Waals surface area contributed by atoms with Gasteiger partial charge >= 0.3 is 11.9 Å². The fourth-order valence-electron chi connectivity index (χ4n) is 3.67. The molecule has 2 aromatic rings. The number of carbonyl (C=O) groups excluding carboxylic acids is 2. The Hall–Kier alpha value is -0.920. The van der Waals surface area contributed by atoms with Crippen molar-refractivity contribution >= 4 is 99.2 Å². The first-order chi connectivity index (χ1) is 19.4. The van der Waals surface area contributed by atoms with E-state index in [2.05, 4.69) is 90.7 Å². The Balaban J connectivity index is 2.26. The summed E-state index contributed by atoms with van der Waals surface area (Å²) >= 11 is 17.8. The molecule has 2 atom stereocenters. The number of ether oxygens (including phenoxy) is 4. The van der Waals surface area contributed by atoms with Crippen LogP contribution in [-0.2, 0) is 24.5 Å². The number of benzene rings is 2. The van der Waals surface area contributed by atoms with Crippen LogP contribution in [0.15, 0.2) is 67.5 Å². The number of thioether (sulfide) groups is 2. The summed E-state index contributed by atoms with van der Waals surface area (Å²) in [5, 5.41) is 0. The zero-order valence-corrected chi connectivity index (χ0v) is 31.1. The number of esters is 2. The topological polar surface area (TPSA) is 71.1 Å². The molecule has 0 aromatic heterocycles. The van der Waals surface area contributed by atoms with Crippen LogP contribution in [0.25, 0.3) is 0 Å². The van der Waals surface area contributed by atoms with Crippen molar-refractivity contribution in [1.29, 1.82) is 0 Å². The normalized spacial score (nSPS) is 12.7. The van der Waals surface area contributed by atoms with Crippen molar-refractivity contribution in [2.24, 2.45) is 0 Å². The minimum absolute atomic E-state index is 0.201. The lowest BCUT2D eigenvalue weighted by Crippen LogP contribution is -2.27. The van der Waals surface area contributed by atoms with Gasteiger partial charge in [-0.15, -0.1) is 0 Å².